The van der Waals surface area contributed by atoms with Crippen LogP contribution in [-0.4, -0.2) is 18.0 Å². The summed E-state index contributed by atoms with van der Waals surface area (Å²) in [5.74, 6) is -0.432. The van der Waals surface area contributed by atoms with E-state index in [1.54, 1.807) is 6.92 Å². The van der Waals surface area contributed by atoms with Gasteiger partial charge in [-0.05, 0) is 13.3 Å². The zero-order valence-electron chi connectivity index (χ0n) is 6.79. The molecule has 0 rings (SSSR count). The Morgan fingerprint density at radius 1 is 1.82 bits per heavy atom. The Bertz CT molecular complexity index is 173. The third-order valence-electron chi connectivity index (χ3n) is 1.44. The maximum absolute atomic E-state index is 10.5. The second-order valence-corrected chi connectivity index (χ2v) is 2.38. The fraction of sp³-hybridized carbons (Fsp3) is 0.714. The molecule has 11 heavy (non-hydrogen) atoms. The van der Waals surface area contributed by atoms with E-state index in [1.807, 2.05) is 13.0 Å². The first-order chi connectivity index (χ1) is 5.11. The van der Waals surface area contributed by atoms with Crippen LogP contribution in [0.4, 0.5) is 0 Å². The van der Waals surface area contributed by atoms with E-state index in [4.69, 9.17) is 11.0 Å². The van der Waals surface area contributed by atoms with Crippen molar-refractivity contribution in [2.24, 2.45) is 5.73 Å². The highest BCUT2D eigenvalue weighted by Gasteiger charge is 2.12. The quantitative estimate of drug-likeness (QED) is 0.587. The minimum atomic E-state index is -0.432. The molecule has 0 heterocycles. The van der Waals surface area contributed by atoms with E-state index >= 15 is 0 Å². The molecule has 0 aliphatic carbocycles. The maximum atomic E-state index is 10.5. The largest absolute Gasteiger partial charge is 0.368 e. The third-order valence-corrected chi connectivity index (χ3v) is 1.44. The smallest absolute Gasteiger partial charge is 0.234 e. The number of nitrogens with one attached hydrogen (secondary N) is 1. The van der Waals surface area contributed by atoms with Crippen LogP contribution < -0.4 is 11.1 Å². The van der Waals surface area contributed by atoms with Gasteiger partial charge in [-0.25, -0.2) is 0 Å². The molecule has 0 saturated carbocycles. The standard InChI is InChI=1S/C7H13N3O/c1-3-6(4-8)10-5(2)7(9)11/h5-6,10H,3H2,1-2H3,(H2,9,11). The molecule has 0 aromatic heterocycles. The Labute approximate surface area is 66.4 Å². The molecule has 0 saturated heterocycles. The molecule has 1 amide bonds. The molecule has 0 aromatic carbocycles. The van der Waals surface area contributed by atoms with Crippen molar-refractivity contribution in [3.8, 4) is 6.07 Å². The lowest BCUT2D eigenvalue weighted by Crippen LogP contribution is -2.43. The summed E-state index contributed by atoms with van der Waals surface area (Å²) in [6, 6.07) is 1.31. The summed E-state index contributed by atoms with van der Waals surface area (Å²) in [5.41, 5.74) is 4.98. The molecule has 0 spiro atoms. The van der Waals surface area contributed by atoms with Crippen LogP contribution in [0.5, 0.6) is 0 Å². The van der Waals surface area contributed by atoms with Crippen molar-refractivity contribution in [3.05, 3.63) is 0 Å². The Kier molecular flexibility index (Phi) is 4.23. The highest BCUT2D eigenvalue weighted by molar-refractivity contribution is 5.79. The molecule has 0 bridgehead atoms. The van der Waals surface area contributed by atoms with E-state index in [2.05, 4.69) is 5.32 Å². The second kappa shape index (κ2) is 4.69. The van der Waals surface area contributed by atoms with Crippen LogP contribution in [0.3, 0.4) is 0 Å². The maximum Gasteiger partial charge on any atom is 0.234 e. The summed E-state index contributed by atoms with van der Waals surface area (Å²) < 4.78 is 0. The normalized spacial score (nSPS) is 15.0. The molecule has 4 nitrogen and oxygen atoms in total. The lowest BCUT2D eigenvalue weighted by Gasteiger charge is -2.12. The van der Waals surface area contributed by atoms with Crippen LogP contribution in [0.2, 0.25) is 0 Å². The summed E-state index contributed by atoms with van der Waals surface area (Å²) in [7, 11) is 0. The van der Waals surface area contributed by atoms with Gasteiger partial charge in [0.05, 0.1) is 18.2 Å². The molecular weight excluding hydrogens is 142 g/mol. The van der Waals surface area contributed by atoms with Gasteiger partial charge in [-0.3, -0.25) is 10.1 Å². The number of nitrogens with two attached hydrogens (primary N) is 1. The van der Waals surface area contributed by atoms with Crippen molar-refractivity contribution < 1.29 is 4.79 Å². The van der Waals surface area contributed by atoms with Crippen LogP contribution in [0.1, 0.15) is 20.3 Å². The van der Waals surface area contributed by atoms with Gasteiger partial charge in [0.25, 0.3) is 0 Å². The second-order valence-electron chi connectivity index (χ2n) is 2.38. The van der Waals surface area contributed by atoms with Crippen LogP contribution in [-0.2, 0) is 4.79 Å². The van der Waals surface area contributed by atoms with E-state index in [0.717, 1.165) is 0 Å². The van der Waals surface area contributed by atoms with Gasteiger partial charge in [0.1, 0.15) is 0 Å². The fourth-order valence-electron chi connectivity index (χ4n) is 0.630. The number of rotatable bonds is 4. The van der Waals surface area contributed by atoms with Crippen LogP contribution in [0.15, 0.2) is 0 Å². The lowest BCUT2D eigenvalue weighted by atomic mass is 10.2. The number of carbonyl (C=O) groups is 1. The first-order valence-electron chi connectivity index (χ1n) is 3.56. The molecule has 0 aliphatic rings. The predicted molar refractivity (Wildman–Crippen MR) is 41.5 cm³/mol. The molecule has 2 atom stereocenters. The minimum Gasteiger partial charge on any atom is -0.368 e. The SMILES string of the molecule is CCC(C#N)NC(C)C(N)=O. The predicted octanol–water partition coefficient (Wildman–Crippen LogP) is -0.248. The number of carbonyl (C=O) groups excluding carboxylic acids is 1. The molecule has 0 aromatic rings. The van der Waals surface area contributed by atoms with Gasteiger partial charge >= 0.3 is 0 Å². The Morgan fingerprint density at radius 2 is 2.36 bits per heavy atom. The van der Waals surface area contributed by atoms with Gasteiger partial charge in [-0.1, -0.05) is 6.92 Å². The average Bonchev–Trinajstić information content (AvgIpc) is 1.99. The van der Waals surface area contributed by atoms with Gasteiger partial charge < -0.3 is 5.73 Å². The summed E-state index contributed by atoms with van der Waals surface area (Å²) in [4.78, 5) is 10.5. The Balaban J connectivity index is 3.83. The first-order valence-corrected chi connectivity index (χ1v) is 3.56. The number of nitriles is 1. The van der Waals surface area contributed by atoms with E-state index in [1.165, 1.54) is 0 Å². The average molecular weight is 155 g/mol. The van der Waals surface area contributed by atoms with Crippen molar-refractivity contribution in [1.82, 2.24) is 5.32 Å². The van der Waals surface area contributed by atoms with Crippen LogP contribution in [0, 0.1) is 11.3 Å². The zero-order valence-corrected chi connectivity index (χ0v) is 6.79. The number of hydrogen-bond acceptors (Lipinski definition) is 3. The van der Waals surface area contributed by atoms with E-state index in [-0.39, 0.29) is 6.04 Å². The van der Waals surface area contributed by atoms with Crippen LogP contribution in [0.25, 0.3) is 0 Å². The van der Waals surface area contributed by atoms with Crippen molar-refractivity contribution in [2.75, 3.05) is 0 Å². The Hall–Kier alpha value is -1.08. The van der Waals surface area contributed by atoms with E-state index in [9.17, 15) is 4.79 Å². The number of primary amides is 1. The molecule has 62 valence electrons. The third kappa shape index (κ3) is 3.58. The van der Waals surface area contributed by atoms with Crippen molar-refractivity contribution in [1.29, 1.82) is 5.26 Å². The highest BCUT2D eigenvalue weighted by Crippen LogP contribution is 1.90. The van der Waals surface area contributed by atoms with Gasteiger partial charge in [0.15, 0.2) is 0 Å². The van der Waals surface area contributed by atoms with Crippen LogP contribution >= 0.6 is 0 Å². The number of hydrogen-bond donors (Lipinski definition) is 2. The Morgan fingerprint density at radius 3 is 2.64 bits per heavy atom. The summed E-state index contributed by atoms with van der Waals surface area (Å²) in [6.45, 7) is 3.51. The first kappa shape index (κ1) is 9.92. The summed E-state index contributed by atoms with van der Waals surface area (Å²) in [5, 5.41) is 11.3. The van der Waals surface area contributed by atoms with Crippen molar-refractivity contribution in [3.63, 3.8) is 0 Å². The molecular formula is C7H13N3O. The molecule has 0 aliphatic heterocycles. The monoisotopic (exact) mass is 155 g/mol. The van der Waals surface area contributed by atoms with Gasteiger partial charge in [-0.2, -0.15) is 5.26 Å². The topological polar surface area (TPSA) is 78.9 Å². The zero-order chi connectivity index (χ0) is 8.85. The van der Waals surface area contributed by atoms with Gasteiger partial charge in [0.2, 0.25) is 5.91 Å². The highest BCUT2D eigenvalue weighted by atomic mass is 16.1. The molecule has 4 heteroatoms. The molecule has 0 radical (unpaired) electrons. The van der Waals surface area contributed by atoms with E-state index < -0.39 is 11.9 Å². The van der Waals surface area contributed by atoms with Crippen molar-refractivity contribution >= 4 is 5.91 Å². The number of amides is 1. The van der Waals surface area contributed by atoms with Gasteiger partial charge in [0, 0.05) is 0 Å². The van der Waals surface area contributed by atoms with Gasteiger partial charge in [-0.15, -0.1) is 0 Å². The lowest BCUT2D eigenvalue weighted by molar-refractivity contribution is -0.119. The fourth-order valence-corrected chi connectivity index (χ4v) is 0.630. The van der Waals surface area contributed by atoms with E-state index in [0.29, 0.717) is 6.42 Å². The molecule has 3 N–H and O–H groups in total. The minimum absolute atomic E-state index is 0.280. The number of nitrogens with zero attached hydrogens (tertiary/aromatic N) is 1. The van der Waals surface area contributed by atoms with Crippen molar-refractivity contribution in [2.45, 2.75) is 32.4 Å². The molecule has 2 unspecified atom stereocenters. The summed E-state index contributed by atoms with van der Waals surface area (Å²) in [6.07, 6.45) is 0.675. The summed E-state index contributed by atoms with van der Waals surface area (Å²) >= 11 is 0. The molecule has 0 fully saturated rings.